The molecular weight excluding hydrogens is 390 g/mol. The maximum atomic E-state index is 12.8. The van der Waals surface area contributed by atoms with Crippen molar-refractivity contribution in [3.63, 3.8) is 0 Å². The molecule has 0 aliphatic carbocycles. The van der Waals surface area contributed by atoms with Crippen LogP contribution < -0.4 is 9.88 Å². The van der Waals surface area contributed by atoms with Crippen LogP contribution in [0.5, 0.6) is 0 Å². The van der Waals surface area contributed by atoms with Crippen LogP contribution in [0.4, 0.5) is 5.69 Å². The number of imidazole rings is 1. The minimum atomic E-state index is -0.371. The Bertz CT molecular complexity index is 1090. The monoisotopic (exact) mass is 414 g/mol. The average molecular weight is 415 g/mol. The van der Waals surface area contributed by atoms with E-state index in [4.69, 9.17) is 16.3 Å². The van der Waals surface area contributed by atoms with E-state index in [0.717, 1.165) is 34.7 Å². The van der Waals surface area contributed by atoms with Gasteiger partial charge < -0.3 is 10.1 Å². The van der Waals surface area contributed by atoms with E-state index in [2.05, 4.69) is 9.88 Å². The molecule has 3 aromatic rings. The number of esters is 1. The third-order valence-corrected chi connectivity index (χ3v) is 5.16. The molecule has 152 valence electrons. The van der Waals surface area contributed by atoms with Crippen molar-refractivity contribution in [2.45, 2.75) is 40.8 Å². The van der Waals surface area contributed by atoms with E-state index in [0.29, 0.717) is 17.2 Å². The summed E-state index contributed by atoms with van der Waals surface area (Å²) in [4.78, 5) is 24.9. The number of benzene rings is 2. The van der Waals surface area contributed by atoms with E-state index in [1.807, 2.05) is 37.5 Å². The Morgan fingerprint density at radius 3 is 2.55 bits per heavy atom. The van der Waals surface area contributed by atoms with Crippen LogP contribution in [0.1, 0.15) is 35.6 Å². The van der Waals surface area contributed by atoms with Gasteiger partial charge in [0.1, 0.15) is 0 Å². The standard InChI is InChI=1S/C22H24ClN3O3/c1-5-25-15(4)26(13-21(27)24-18-9-8-17(23)11-14(18)3)20-12-16(7-10-19(20)25)22(28)29-6-2/h7-12H,5-6,13H2,1-4H3/p+1. The molecule has 0 spiro atoms. The van der Waals surface area contributed by atoms with E-state index in [-0.39, 0.29) is 18.4 Å². The maximum Gasteiger partial charge on any atom is 0.338 e. The van der Waals surface area contributed by atoms with E-state index in [9.17, 15) is 9.59 Å². The largest absolute Gasteiger partial charge is 0.462 e. The van der Waals surface area contributed by atoms with Crippen LogP contribution >= 0.6 is 11.6 Å². The summed E-state index contributed by atoms with van der Waals surface area (Å²) in [5.74, 6) is 0.413. The zero-order valence-corrected chi connectivity index (χ0v) is 17.8. The lowest BCUT2D eigenvalue weighted by atomic mass is 10.2. The number of nitrogens with one attached hydrogen (secondary N) is 1. The molecule has 0 aliphatic heterocycles. The Morgan fingerprint density at radius 2 is 1.90 bits per heavy atom. The molecule has 0 saturated heterocycles. The summed E-state index contributed by atoms with van der Waals surface area (Å²) in [5, 5.41) is 3.57. The van der Waals surface area contributed by atoms with E-state index in [1.54, 1.807) is 31.2 Å². The van der Waals surface area contributed by atoms with Gasteiger partial charge in [-0.3, -0.25) is 4.79 Å². The summed E-state index contributed by atoms with van der Waals surface area (Å²) in [6.07, 6.45) is 0. The second-order valence-electron chi connectivity index (χ2n) is 6.81. The van der Waals surface area contributed by atoms with Crippen LogP contribution in [-0.4, -0.2) is 23.1 Å². The Labute approximate surface area is 175 Å². The number of ether oxygens (including phenoxy) is 1. The van der Waals surface area contributed by atoms with Gasteiger partial charge in [0, 0.05) is 23.7 Å². The van der Waals surface area contributed by atoms with Crippen LogP contribution in [0.25, 0.3) is 11.0 Å². The maximum absolute atomic E-state index is 12.8. The normalized spacial score (nSPS) is 10.9. The highest BCUT2D eigenvalue weighted by Gasteiger charge is 2.24. The van der Waals surface area contributed by atoms with Gasteiger partial charge >= 0.3 is 5.97 Å². The Hall–Kier alpha value is -2.86. The fourth-order valence-corrected chi connectivity index (χ4v) is 3.73. The molecule has 1 N–H and O–H groups in total. The number of aromatic nitrogens is 2. The second kappa shape index (κ2) is 8.66. The number of carbonyl (C=O) groups is 2. The molecule has 0 saturated carbocycles. The highest BCUT2D eigenvalue weighted by molar-refractivity contribution is 6.30. The van der Waals surface area contributed by atoms with Crippen molar-refractivity contribution >= 4 is 40.2 Å². The quantitative estimate of drug-likeness (QED) is 0.489. The van der Waals surface area contributed by atoms with Crippen molar-refractivity contribution in [2.24, 2.45) is 0 Å². The molecule has 0 radical (unpaired) electrons. The molecule has 1 amide bonds. The summed E-state index contributed by atoms with van der Waals surface area (Å²) in [5.41, 5.74) is 3.87. The minimum absolute atomic E-state index is 0.129. The minimum Gasteiger partial charge on any atom is -0.462 e. The van der Waals surface area contributed by atoms with Gasteiger partial charge in [-0.2, -0.15) is 0 Å². The zero-order valence-electron chi connectivity index (χ0n) is 17.1. The number of fused-ring (bicyclic) bond motifs is 1. The molecule has 6 nitrogen and oxygen atoms in total. The summed E-state index contributed by atoms with van der Waals surface area (Å²) >= 11 is 5.99. The van der Waals surface area contributed by atoms with Crippen molar-refractivity contribution in [2.75, 3.05) is 11.9 Å². The molecule has 1 aromatic heterocycles. The first-order valence-corrected chi connectivity index (χ1v) is 9.99. The van der Waals surface area contributed by atoms with Crippen molar-refractivity contribution in [3.05, 3.63) is 58.4 Å². The van der Waals surface area contributed by atoms with Crippen molar-refractivity contribution < 1.29 is 18.9 Å². The third-order valence-electron chi connectivity index (χ3n) is 4.93. The fourth-order valence-electron chi connectivity index (χ4n) is 3.50. The highest BCUT2D eigenvalue weighted by atomic mass is 35.5. The van der Waals surface area contributed by atoms with Gasteiger partial charge in [-0.25, -0.2) is 13.9 Å². The van der Waals surface area contributed by atoms with E-state index < -0.39 is 0 Å². The lowest BCUT2D eigenvalue weighted by Crippen LogP contribution is -2.35. The topological polar surface area (TPSA) is 64.2 Å². The van der Waals surface area contributed by atoms with Crippen LogP contribution in [0.2, 0.25) is 5.02 Å². The first-order valence-electron chi connectivity index (χ1n) is 9.61. The molecule has 0 bridgehead atoms. The molecule has 2 aromatic carbocycles. The summed E-state index contributed by atoms with van der Waals surface area (Å²) in [6, 6.07) is 10.8. The van der Waals surface area contributed by atoms with Crippen LogP contribution in [0.15, 0.2) is 36.4 Å². The smallest absolute Gasteiger partial charge is 0.338 e. The first-order chi connectivity index (χ1) is 13.8. The van der Waals surface area contributed by atoms with E-state index >= 15 is 0 Å². The molecule has 0 aliphatic rings. The van der Waals surface area contributed by atoms with Crippen molar-refractivity contribution in [1.82, 2.24) is 4.57 Å². The Kier molecular flexibility index (Phi) is 6.23. The SMILES string of the molecule is CCOC(=O)c1ccc2c(c1)n(CC(=O)Nc1ccc(Cl)cc1C)c(C)[n+]2CC. The van der Waals surface area contributed by atoms with Gasteiger partial charge in [0.25, 0.3) is 11.7 Å². The predicted octanol–water partition coefficient (Wildman–Crippen LogP) is 4.03. The number of hydrogen-bond donors (Lipinski definition) is 1. The molecule has 1 heterocycles. The van der Waals surface area contributed by atoms with Crippen LogP contribution in [0, 0.1) is 13.8 Å². The van der Waals surface area contributed by atoms with Crippen molar-refractivity contribution in [1.29, 1.82) is 0 Å². The number of halogens is 1. The van der Waals surface area contributed by atoms with Gasteiger partial charge in [0.2, 0.25) is 0 Å². The second-order valence-corrected chi connectivity index (χ2v) is 7.25. The molecule has 3 rings (SSSR count). The van der Waals surface area contributed by atoms with Gasteiger partial charge in [-0.05, 0) is 56.7 Å². The number of amides is 1. The van der Waals surface area contributed by atoms with Gasteiger partial charge in [-0.1, -0.05) is 11.6 Å². The van der Waals surface area contributed by atoms with Crippen molar-refractivity contribution in [3.8, 4) is 0 Å². The molecule has 7 heteroatoms. The summed E-state index contributed by atoms with van der Waals surface area (Å²) < 4.78 is 9.15. The Balaban J connectivity index is 1.96. The molecule has 0 fully saturated rings. The van der Waals surface area contributed by atoms with Gasteiger partial charge in [-0.15, -0.1) is 0 Å². The summed E-state index contributed by atoms with van der Waals surface area (Å²) in [7, 11) is 0. The fraction of sp³-hybridized carbons (Fsp3) is 0.318. The molecule has 29 heavy (non-hydrogen) atoms. The number of carbonyl (C=O) groups excluding carboxylic acids is 2. The van der Waals surface area contributed by atoms with Crippen LogP contribution in [-0.2, 0) is 22.6 Å². The zero-order chi connectivity index (χ0) is 21.1. The molecular formula is C22H25ClN3O3+. The average Bonchev–Trinajstić information content (AvgIpc) is 2.94. The number of rotatable bonds is 6. The number of hydrogen-bond acceptors (Lipinski definition) is 3. The molecule has 0 unspecified atom stereocenters. The molecule has 0 atom stereocenters. The first kappa shape index (κ1) is 20.9. The van der Waals surface area contributed by atoms with Gasteiger partial charge in [0.15, 0.2) is 17.6 Å². The third kappa shape index (κ3) is 4.27. The highest BCUT2D eigenvalue weighted by Crippen LogP contribution is 2.21. The van der Waals surface area contributed by atoms with E-state index in [1.165, 1.54) is 0 Å². The van der Waals surface area contributed by atoms with Gasteiger partial charge in [0.05, 0.1) is 18.7 Å². The predicted molar refractivity (Wildman–Crippen MR) is 113 cm³/mol. The number of aryl methyl sites for hydroxylation is 2. The lowest BCUT2D eigenvalue weighted by molar-refractivity contribution is -0.674. The lowest BCUT2D eigenvalue weighted by Gasteiger charge is -2.08. The number of nitrogens with zero attached hydrogens (tertiary/aromatic N) is 2. The number of anilines is 1. The summed E-state index contributed by atoms with van der Waals surface area (Å²) in [6.45, 7) is 8.89. The Morgan fingerprint density at radius 1 is 1.14 bits per heavy atom. The van der Waals surface area contributed by atoms with Crippen LogP contribution in [0.3, 0.4) is 0 Å².